The predicted molar refractivity (Wildman–Crippen MR) is 92.6 cm³/mol. The number of alkyl halides is 3. The quantitative estimate of drug-likeness (QED) is 0.736. The maximum atomic E-state index is 12.6. The Morgan fingerprint density at radius 1 is 1.11 bits per heavy atom. The molecule has 0 radical (unpaired) electrons. The van der Waals surface area contributed by atoms with E-state index in [0.717, 1.165) is 45.1 Å². The van der Waals surface area contributed by atoms with Gasteiger partial charge in [-0.25, -0.2) is 14.8 Å². The monoisotopic (exact) mass is 387 g/mol. The van der Waals surface area contributed by atoms with E-state index in [9.17, 15) is 18.0 Å². The first kappa shape index (κ1) is 19.7. The van der Waals surface area contributed by atoms with Gasteiger partial charge in [0.25, 0.3) is 0 Å². The molecule has 27 heavy (non-hydrogen) atoms. The number of amides is 1. The van der Waals surface area contributed by atoms with Crippen molar-refractivity contribution in [2.75, 3.05) is 18.0 Å². The van der Waals surface area contributed by atoms with Gasteiger partial charge < -0.3 is 20.6 Å². The Labute approximate surface area is 155 Å². The summed E-state index contributed by atoms with van der Waals surface area (Å²) >= 11 is 0. The zero-order valence-electron chi connectivity index (χ0n) is 14.9. The second kappa shape index (κ2) is 8.28. The van der Waals surface area contributed by atoms with Crippen LogP contribution in [-0.2, 0) is 6.18 Å². The fraction of sp³-hybridized carbons (Fsp3) is 0.706. The molecular weight excluding hydrogens is 363 g/mol. The van der Waals surface area contributed by atoms with Gasteiger partial charge in [-0.05, 0) is 25.7 Å². The van der Waals surface area contributed by atoms with Crippen LogP contribution in [0.2, 0.25) is 0 Å². The predicted octanol–water partition coefficient (Wildman–Crippen LogP) is 2.63. The lowest BCUT2D eigenvalue weighted by Gasteiger charge is -2.39. The van der Waals surface area contributed by atoms with E-state index in [1.807, 2.05) is 4.90 Å². The molecule has 3 rings (SSSR count). The van der Waals surface area contributed by atoms with Crippen molar-refractivity contribution in [1.29, 1.82) is 0 Å². The smallest absolute Gasteiger partial charge is 0.451 e. The summed E-state index contributed by atoms with van der Waals surface area (Å²) in [5.41, 5.74) is 0.568. The number of carboxylic acid groups (broad SMARTS) is 1. The van der Waals surface area contributed by atoms with Gasteiger partial charge in [-0.1, -0.05) is 12.8 Å². The normalized spacial score (nSPS) is 26.6. The Morgan fingerprint density at radius 2 is 1.78 bits per heavy atom. The Kier molecular flexibility index (Phi) is 6.03. The summed E-state index contributed by atoms with van der Waals surface area (Å²) in [5, 5.41) is 15.2. The van der Waals surface area contributed by atoms with Gasteiger partial charge in [0.1, 0.15) is 0 Å². The minimum atomic E-state index is -4.54. The largest absolute Gasteiger partial charge is 0.465 e. The third kappa shape index (κ3) is 5.21. The lowest BCUT2D eigenvalue weighted by atomic mass is 9.89. The molecule has 1 amide bonds. The number of nitrogens with zero attached hydrogens (tertiary/aromatic N) is 3. The highest BCUT2D eigenvalue weighted by Crippen LogP contribution is 2.27. The molecular formula is C17H24F3N5O2. The molecule has 1 saturated heterocycles. The van der Waals surface area contributed by atoms with Crippen LogP contribution in [0.1, 0.15) is 44.3 Å². The van der Waals surface area contributed by atoms with Crippen LogP contribution in [0.4, 0.5) is 23.7 Å². The van der Waals surface area contributed by atoms with Crippen LogP contribution in [0.25, 0.3) is 0 Å². The molecule has 2 aliphatic rings. The fourth-order valence-electron chi connectivity index (χ4n) is 3.94. The Balaban J connectivity index is 1.61. The lowest BCUT2D eigenvalue weighted by molar-refractivity contribution is -0.145. The van der Waals surface area contributed by atoms with Crippen molar-refractivity contribution >= 4 is 11.8 Å². The number of nitrogens with one attached hydrogen (secondary N) is 2. The maximum absolute atomic E-state index is 12.6. The molecule has 2 heterocycles. The van der Waals surface area contributed by atoms with Crippen LogP contribution in [0.3, 0.4) is 0 Å². The van der Waals surface area contributed by atoms with E-state index in [0.29, 0.717) is 12.2 Å². The first-order valence-electron chi connectivity index (χ1n) is 9.22. The van der Waals surface area contributed by atoms with Crippen LogP contribution in [0.15, 0.2) is 12.4 Å². The summed E-state index contributed by atoms with van der Waals surface area (Å²) in [5.74, 6) is -1.14. The van der Waals surface area contributed by atoms with Crippen molar-refractivity contribution in [3.63, 3.8) is 0 Å². The number of carbonyl (C=O) groups is 1. The molecule has 10 heteroatoms. The van der Waals surface area contributed by atoms with Gasteiger partial charge in [-0.2, -0.15) is 13.2 Å². The SMILES string of the molecule is O=C(O)NC1CCCCC1NC1CCCN(c2cnc(C(F)(F)F)nc2)C1. The molecule has 1 aliphatic heterocycles. The van der Waals surface area contributed by atoms with Gasteiger partial charge >= 0.3 is 12.3 Å². The zero-order chi connectivity index (χ0) is 19.4. The molecule has 2 fully saturated rings. The Hall–Kier alpha value is -2.10. The molecule has 1 aromatic rings. The maximum Gasteiger partial charge on any atom is 0.451 e. The molecule has 0 aromatic carbocycles. The Morgan fingerprint density at radius 3 is 2.41 bits per heavy atom. The van der Waals surface area contributed by atoms with Gasteiger partial charge in [0.05, 0.1) is 18.1 Å². The number of halogens is 3. The van der Waals surface area contributed by atoms with E-state index >= 15 is 0 Å². The van der Waals surface area contributed by atoms with Gasteiger partial charge in [0.2, 0.25) is 5.82 Å². The van der Waals surface area contributed by atoms with Crippen molar-refractivity contribution in [2.24, 2.45) is 0 Å². The van der Waals surface area contributed by atoms with Crippen LogP contribution in [0, 0.1) is 0 Å². The standard InChI is InChI=1S/C17H24F3N5O2/c18-17(19,20)15-21-8-12(9-22-15)25-7-3-4-11(10-25)23-13-5-1-2-6-14(13)24-16(26)27/h8-9,11,13-14,23-24H,1-7,10H2,(H,26,27). The van der Waals surface area contributed by atoms with Crippen molar-refractivity contribution in [1.82, 2.24) is 20.6 Å². The molecule has 0 spiro atoms. The van der Waals surface area contributed by atoms with Gasteiger partial charge in [0, 0.05) is 31.2 Å². The van der Waals surface area contributed by atoms with E-state index in [-0.39, 0.29) is 18.1 Å². The lowest BCUT2D eigenvalue weighted by Crippen LogP contribution is -2.57. The molecule has 3 unspecified atom stereocenters. The number of aromatic nitrogens is 2. The van der Waals surface area contributed by atoms with Crippen molar-refractivity contribution in [3.05, 3.63) is 18.2 Å². The number of hydrogen-bond donors (Lipinski definition) is 3. The number of anilines is 1. The minimum absolute atomic E-state index is 0.0728. The van der Waals surface area contributed by atoms with E-state index in [1.54, 1.807) is 0 Å². The first-order valence-corrected chi connectivity index (χ1v) is 9.22. The van der Waals surface area contributed by atoms with Crippen LogP contribution in [0.5, 0.6) is 0 Å². The highest BCUT2D eigenvalue weighted by atomic mass is 19.4. The first-order chi connectivity index (χ1) is 12.8. The number of hydrogen-bond acceptors (Lipinski definition) is 5. The molecule has 7 nitrogen and oxygen atoms in total. The number of rotatable bonds is 4. The van der Waals surface area contributed by atoms with E-state index in [4.69, 9.17) is 5.11 Å². The molecule has 1 saturated carbocycles. The van der Waals surface area contributed by atoms with E-state index in [1.165, 1.54) is 12.4 Å². The van der Waals surface area contributed by atoms with E-state index in [2.05, 4.69) is 20.6 Å². The summed E-state index contributed by atoms with van der Waals surface area (Å²) in [7, 11) is 0. The van der Waals surface area contributed by atoms with Crippen LogP contribution >= 0.6 is 0 Å². The second-order valence-electron chi connectivity index (χ2n) is 7.16. The molecule has 1 aromatic heterocycles. The molecule has 3 N–H and O–H groups in total. The third-order valence-electron chi connectivity index (χ3n) is 5.20. The zero-order valence-corrected chi connectivity index (χ0v) is 14.9. The van der Waals surface area contributed by atoms with Crippen LogP contribution < -0.4 is 15.5 Å². The summed E-state index contributed by atoms with van der Waals surface area (Å²) < 4.78 is 37.8. The molecule has 1 aliphatic carbocycles. The number of piperidine rings is 1. The molecule has 150 valence electrons. The summed E-state index contributed by atoms with van der Waals surface area (Å²) in [6.45, 7) is 1.36. The van der Waals surface area contributed by atoms with Gasteiger partial charge in [-0.15, -0.1) is 0 Å². The molecule has 3 atom stereocenters. The summed E-state index contributed by atoms with van der Waals surface area (Å²) in [4.78, 5) is 19.8. The minimum Gasteiger partial charge on any atom is -0.465 e. The van der Waals surface area contributed by atoms with Crippen LogP contribution in [-0.4, -0.2) is 52.4 Å². The van der Waals surface area contributed by atoms with Gasteiger partial charge in [0.15, 0.2) is 0 Å². The highest BCUT2D eigenvalue weighted by molar-refractivity contribution is 5.65. The van der Waals surface area contributed by atoms with E-state index < -0.39 is 18.1 Å². The average Bonchev–Trinajstić information content (AvgIpc) is 2.63. The second-order valence-corrected chi connectivity index (χ2v) is 7.16. The van der Waals surface area contributed by atoms with Crippen molar-refractivity contribution in [2.45, 2.75) is 62.8 Å². The average molecular weight is 387 g/mol. The molecule has 0 bridgehead atoms. The highest BCUT2D eigenvalue weighted by Gasteiger charge is 2.35. The topological polar surface area (TPSA) is 90.4 Å². The van der Waals surface area contributed by atoms with Crippen molar-refractivity contribution < 1.29 is 23.1 Å². The summed E-state index contributed by atoms with van der Waals surface area (Å²) in [6.07, 6.45) is 2.48. The van der Waals surface area contributed by atoms with Crippen molar-refractivity contribution in [3.8, 4) is 0 Å². The van der Waals surface area contributed by atoms with Gasteiger partial charge in [-0.3, -0.25) is 0 Å². The third-order valence-corrected chi connectivity index (χ3v) is 5.20. The summed E-state index contributed by atoms with van der Waals surface area (Å²) in [6, 6.07) is 0.104. The Bertz CT molecular complexity index is 640. The fourth-order valence-corrected chi connectivity index (χ4v) is 3.94.